The third-order valence-electron chi connectivity index (χ3n) is 3.88. The van der Waals surface area contributed by atoms with E-state index in [9.17, 15) is 31.1 Å². The summed E-state index contributed by atoms with van der Waals surface area (Å²) in [6.45, 7) is 3.83. The molecule has 0 fully saturated rings. The molecule has 0 saturated carbocycles. The molecule has 0 bridgehead atoms. The van der Waals surface area contributed by atoms with Crippen molar-refractivity contribution < 1.29 is 40.4 Å². The molecule has 2 aromatic rings. The molecule has 165 valence electrons. The summed E-state index contributed by atoms with van der Waals surface area (Å²) in [5.74, 6) is 0.450. The van der Waals surface area contributed by atoms with E-state index < -0.39 is 42.7 Å². The number of carbonyl (C=O) groups is 1. The first-order valence-corrected chi connectivity index (χ1v) is 10.2. The SMILES string of the molecule is CCCOP(C(=O)c1c(C(F)(F)F)cccc1C(F)(F)F)c1ccc(OCC)cc1.[Li]. The van der Waals surface area contributed by atoms with Crippen LogP contribution >= 0.6 is 8.15 Å². The Morgan fingerprint density at radius 2 is 1.42 bits per heavy atom. The summed E-state index contributed by atoms with van der Waals surface area (Å²) in [5, 5.41) is 0.192. The Hall–Kier alpha value is -1.52. The molecule has 0 saturated heterocycles. The maximum atomic E-state index is 13.5. The molecule has 0 aliphatic heterocycles. The van der Waals surface area contributed by atoms with E-state index in [0.29, 0.717) is 37.0 Å². The topological polar surface area (TPSA) is 35.5 Å². The summed E-state index contributed by atoms with van der Waals surface area (Å²) < 4.78 is 91.5. The molecule has 0 spiro atoms. The first-order chi connectivity index (χ1) is 14.0. The smallest absolute Gasteiger partial charge is 0.417 e. The molecule has 0 aromatic heterocycles. The van der Waals surface area contributed by atoms with Gasteiger partial charge in [0.05, 0.1) is 24.3 Å². The van der Waals surface area contributed by atoms with Crippen molar-refractivity contribution in [3.63, 3.8) is 0 Å². The number of rotatable bonds is 8. The summed E-state index contributed by atoms with van der Waals surface area (Å²) in [6, 6.07) is 7.35. The van der Waals surface area contributed by atoms with E-state index >= 15 is 0 Å². The molecule has 3 nitrogen and oxygen atoms in total. The zero-order valence-corrected chi connectivity index (χ0v) is 18.0. The quantitative estimate of drug-likeness (QED) is 0.275. The van der Waals surface area contributed by atoms with Gasteiger partial charge in [-0.1, -0.05) is 13.0 Å². The van der Waals surface area contributed by atoms with Crippen molar-refractivity contribution in [3.05, 3.63) is 59.2 Å². The van der Waals surface area contributed by atoms with Crippen LogP contribution in [-0.2, 0) is 16.9 Å². The molecular formula is C20H19F6LiO3P. The number of alkyl halides is 6. The van der Waals surface area contributed by atoms with Crippen LogP contribution in [0.4, 0.5) is 26.3 Å². The van der Waals surface area contributed by atoms with Gasteiger partial charge in [-0.25, -0.2) is 0 Å². The molecule has 1 unspecified atom stereocenters. The molecule has 2 rings (SSSR count). The van der Waals surface area contributed by atoms with E-state index in [0.717, 1.165) is 0 Å². The Bertz CT molecular complexity index is 836. The zero-order chi connectivity index (χ0) is 22.5. The van der Waals surface area contributed by atoms with Crippen LogP contribution < -0.4 is 10.0 Å². The molecule has 0 heterocycles. The molecule has 1 radical (unpaired) electrons. The largest absolute Gasteiger partial charge is 0.494 e. The standard InChI is InChI=1S/C20H19F6O3P.Li/c1-3-12-29-30(14-10-8-13(9-11-14)28-4-2)18(27)17-15(19(21,22)23)6-5-7-16(17)20(24,25)26;/h5-11H,3-4,12H2,1-2H3;. The molecule has 11 heteroatoms. The van der Waals surface area contributed by atoms with E-state index in [1.165, 1.54) is 24.3 Å². The van der Waals surface area contributed by atoms with Crippen molar-refractivity contribution in [2.75, 3.05) is 13.2 Å². The van der Waals surface area contributed by atoms with Crippen LogP contribution in [0, 0.1) is 0 Å². The molecule has 0 amide bonds. The van der Waals surface area contributed by atoms with E-state index in [-0.39, 0.29) is 30.8 Å². The van der Waals surface area contributed by atoms with Crippen molar-refractivity contribution in [2.24, 2.45) is 0 Å². The zero-order valence-electron chi connectivity index (χ0n) is 17.1. The van der Waals surface area contributed by atoms with Crippen LogP contribution in [0.25, 0.3) is 0 Å². The molecule has 1 atom stereocenters. The molecule has 0 aliphatic rings. The molecule has 0 N–H and O–H groups in total. The number of hydrogen-bond acceptors (Lipinski definition) is 3. The van der Waals surface area contributed by atoms with Gasteiger partial charge in [-0.2, -0.15) is 26.3 Å². The average molecular weight is 459 g/mol. The van der Waals surface area contributed by atoms with Gasteiger partial charge in [0.2, 0.25) is 5.52 Å². The van der Waals surface area contributed by atoms with Gasteiger partial charge in [0.15, 0.2) is 0 Å². The van der Waals surface area contributed by atoms with Crippen LogP contribution in [-0.4, -0.2) is 37.6 Å². The van der Waals surface area contributed by atoms with E-state index in [2.05, 4.69) is 0 Å². The van der Waals surface area contributed by atoms with Gasteiger partial charge in [-0.3, -0.25) is 4.79 Å². The molecule has 31 heavy (non-hydrogen) atoms. The van der Waals surface area contributed by atoms with Gasteiger partial charge in [0.25, 0.3) is 0 Å². The molecular weight excluding hydrogens is 440 g/mol. The van der Waals surface area contributed by atoms with Crippen molar-refractivity contribution in [3.8, 4) is 5.75 Å². The predicted octanol–water partition coefficient (Wildman–Crippen LogP) is 6.03. The maximum Gasteiger partial charge on any atom is 0.417 e. The molecule has 2 aromatic carbocycles. The van der Waals surface area contributed by atoms with Crippen LogP contribution in [0.5, 0.6) is 5.75 Å². The summed E-state index contributed by atoms with van der Waals surface area (Å²) in [5.41, 5.74) is -6.04. The third kappa shape index (κ3) is 6.98. The van der Waals surface area contributed by atoms with Gasteiger partial charge in [-0.15, -0.1) is 0 Å². The predicted molar refractivity (Wildman–Crippen MR) is 107 cm³/mol. The normalized spacial score (nSPS) is 12.8. The van der Waals surface area contributed by atoms with Gasteiger partial charge in [0.1, 0.15) is 13.9 Å². The second-order valence-corrected chi connectivity index (χ2v) is 7.85. The first kappa shape index (κ1) is 27.5. The fourth-order valence-corrected chi connectivity index (χ4v) is 4.36. The van der Waals surface area contributed by atoms with Crippen molar-refractivity contribution in [2.45, 2.75) is 32.6 Å². The summed E-state index contributed by atoms with van der Waals surface area (Å²) in [6.07, 6.45) is -9.86. The minimum absolute atomic E-state index is 0. The number of carbonyl (C=O) groups excluding carboxylic acids is 1. The summed E-state index contributed by atoms with van der Waals surface area (Å²) >= 11 is 0. The van der Waals surface area contributed by atoms with Crippen molar-refractivity contribution in [1.82, 2.24) is 0 Å². The van der Waals surface area contributed by atoms with Gasteiger partial charge in [0, 0.05) is 29.7 Å². The molecule has 0 aliphatic carbocycles. The Morgan fingerprint density at radius 1 is 0.903 bits per heavy atom. The van der Waals surface area contributed by atoms with Crippen molar-refractivity contribution >= 4 is 37.8 Å². The Balaban J connectivity index is 0.00000480. The Labute approximate surface area is 189 Å². The summed E-state index contributed by atoms with van der Waals surface area (Å²) in [7, 11) is -2.44. The average Bonchev–Trinajstić information content (AvgIpc) is 2.67. The number of benzene rings is 2. The maximum absolute atomic E-state index is 13.5. The minimum atomic E-state index is -5.14. The number of ether oxygens (including phenoxy) is 1. The monoisotopic (exact) mass is 459 g/mol. The number of halogens is 6. The van der Waals surface area contributed by atoms with Crippen molar-refractivity contribution in [1.29, 1.82) is 0 Å². The van der Waals surface area contributed by atoms with Gasteiger partial charge in [-0.05, 0) is 49.7 Å². The van der Waals surface area contributed by atoms with Gasteiger partial charge < -0.3 is 9.26 Å². The van der Waals surface area contributed by atoms with Crippen LogP contribution in [0.2, 0.25) is 0 Å². The van der Waals surface area contributed by atoms with E-state index in [4.69, 9.17) is 9.26 Å². The number of hydrogen-bond donors (Lipinski definition) is 0. The second-order valence-electron chi connectivity index (χ2n) is 6.08. The fourth-order valence-electron chi connectivity index (χ4n) is 2.63. The van der Waals surface area contributed by atoms with Gasteiger partial charge >= 0.3 is 12.4 Å². The van der Waals surface area contributed by atoms with Crippen LogP contribution in [0.3, 0.4) is 0 Å². The van der Waals surface area contributed by atoms with E-state index in [1.54, 1.807) is 13.8 Å². The van der Waals surface area contributed by atoms with Crippen LogP contribution in [0.15, 0.2) is 42.5 Å². The minimum Gasteiger partial charge on any atom is -0.494 e. The Kier molecular flexibility index (Phi) is 10.1. The summed E-state index contributed by atoms with van der Waals surface area (Å²) in [4.78, 5) is 13.1. The van der Waals surface area contributed by atoms with Crippen LogP contribution in [0.1, 0.15) is 41.8 Å². The first-order valence-electron chi connectivity index (χ1n) is 8.98. The second kappa shape index (κ2) is 11.4. The Morgan fingerprint density at radius 3 is 1.84 bits per heavy atom. The van der Waals surface area contributed by atoms with E-state index in [1.807, 2.05) is 0 Å². The third-order valence-corrected chi connectivity index (χ3v) is 5.68. The fraction of sp³-hybridized carbons (Fsp3) is 0.350.